The molecule has 50 heavy (non-hydrogen) atoms. The molecule has 2 aromatic heterocycles. The number of hydrogen-bond donors (Lipinski definition) is 0. The van der Waals surface area contributed by atoms with E-state index in [4.69, 9.17) is 8.83 Å². The molecule has 0 radical (unpaired) electrons. The van der Waals surface area contributed by atoms with Gasteiger partial charge in [-0.2, -0.15) is 0 Å². The lowest BCUT2D eigenvalue weighted by atomic mass is 9.84. The maximum Gasteiger partial charge on any atom is 0.178 e. The topological polar surface area (TPSA) is 26.3 Å². The molecule has 11 rings (SSSR count). The lowest BCUT2D eigenvalue weighted by molar-refractivity contribution is 0.633. The minimum Gasteiger partial charge on any atom is -0.452 e. The van der Waals surface area contributed by atoms with Crippen molar-refractivity contribution in [1.29, 1.82) is 0 Å². The van der Waals surface area contributed by atoms with Gasteiger partial charge in [-0.1, -0.05) is 140 Å². The summed E-state index contributed by atoms with van der Waals surface area (Å²) >= 11 is 0. The first-order chi connectivity index (χ1) is 24.8. The van der Waals surface area contributed by atoms with Gasteiger partial charge in [0.25, 0.3) is 0 Å². The second-order valence-corrected chi connectivity index (χ2v) is 13.2. The molecule has 0 bridgehead atoms. The minimum absolute atomic E-state index is 0.798. The average Bonchev–Trinajstić information content (AvgIpc) is 3.75. The van der Waals surface area contributed by atoms with Gasteiger partial charge in [-0.25, -0.2) is 0 Å². The van der Waals surface area contributed by atoms with Crippen LogP contribution in [0.1, 0.15) is 0 Å². The summed E-state index contributed by atoms with van der Waals surface area (Å²) in [5.74, 6) is 0. The van der Waals surface area contributed by atoms with E-state index >= 15 is 0 Å². The molecule has 2 heteroatoms. The number of rotatable bonds is 3. The summed E-state index contributed by atoms with van der Waals surface area (Å²) in [7, 11) is 0. The van der Waals surface area contributed by atoms with Gasteiger partial charge in [0, 0.05) is 21.5 Å². The molecular formula is C48H28O2. The quantitative estimate of drug-likeness (QED) is 0.180. The highest BCUT2D eigenvalue weighted by molar-refractivity contribution is 6.24. The van der Waals surface area contributed by atoms with Gasteiger partial charge in [-0.3, -0.25) is 0 Å². The number of fused-ring (bicyclic) bond motifs is 10. The van der Waals surface area contributed by atoms with Crippen LogP contribution in [0.25, 0.3) is 110 Å². The van der Waals surface area contributed by atoms with Gasteiger partial charge in [-0.15, -0.1) is 0 Å². The van der Waals surface area contributed by atoms with E-state index in [0.29, 0.717) is 0 Å². The molecule has 0 aliphatic carbocycles. The van der Waals surface area contributed by atoms with Crippen molar-refractivity contribution in [3.63, 3.8) is 0 Å². The zero-order valence-electron chi connectivity index (χ0n) is 27.0. The highest BCUT2D eigenvalue weighted by atomic mass is 16.4. The molecule has 0 fully saturated rings. The Labute approximate surface area is 287 Å². The molecular weight excluding hydrogens is 609 g/mol. The Bertz CT molecular complexity index is 3080. The fourth-order valence-electron chi connectivity index (χ4n) is 8.20. The van der Waals surface area contributed by atoms with E-state index in [-0.39, 0.29) is 0 Å². The monoisotopic (exact) mass is 636 g/mol. The molecule has 0 spiro atoms. The first-order valence-electron chi connectivity index (χ1n) is 17.1. The standard InChI is InChI=1S/C48H28O2/c1-2-12-33-30(10-1)11-9-18-36(33)46-39-16-5-3-14-37(39)45(38-15-4-6-17-40(38)46)31-22-20-29(21-23-31)32-24-25-35-42-27-26-41-34-13-7-8-19-43(34)49-47(41)48(42)50-44(35)28-32/h1-28H. The van der Waals surface area contributed by atoms with Crippen molar-refractivity contribution < 1.29 is 8.83 Å². The maximum absolute atomic E-state index is 6.53. The Morgan fingerprint density at radius 3 is 1.46 bits per heavy atom. The molecule has 11 aromatic rings. The summed E-state index contributed by atoms with van der Waals surface area (Å²) in [6.07, 6.45) is 0. The van der Waals surface area contributed by atoms with Crippen molar-refractivity contribution in [2.45, 2.75) is 0 Å². The molecule has 0 saturated carbocycles. The summed E-state index contributed by atoms with van der Waals surface area (Å²) in [4.78, 5) is 0. The van der Waals surface area contributed by atoms with E-state index in [1.54, 1.807) is 0 Å². The van der Waals surface area contributed by atoms with Crippen LogP contribution in [0.4, 0.5) is 0 Å². The third-order valence-electron chi connectivity index (χ3n) is 10.5. The van der Waals surface area contributed by atoms with Crippen LogP contribution in [0.15, 0.2) is 179 Å². The zero-order valence-corrected chi connectivity index (χ0v) is 27.0. The van der Waals surface area contributed by atoms with Gasteiger partial charge in [0.1, 0.15) is 11.2 Å². The Balaban J connectivity index is 1.06. The highest BCUT2D eigenvalue weighted by Gasteiger charge is 2.19. The van der Waals surface area contributed by atoms with Gasteiger partial charge in [0.05, 0.1) is 0 Å². The van der Waals surface area contributed by atoms with Crippen LogP contribution in [0, 0.1) is 0 Å². The van der Waals surface area contributed by atoms with Crippen molar-refractivity contribution in [1.82, 2.24) is 0 Å². The second-order valence-electron chi connectivity index (χ2n) is 13.2. The fraction of sp³-hybridized carbons (Fsp3) is 0. The Kier molecular flexibility index (Phi) is 5.70. The van der Waals surface area contributed by atoms with Crippen molar-refractivity contribution in [2.75, 3.05) is 0 Å². The summed E-state index contributed by atoms with van der Waals surface area (Å²) in [5, 5.41) is 11.9. The molecule has 0 unspecified atom stereocenters. The molecule has 0 aliphatic rings. The molecule has 0 saturated heterocycles. The van der Waals surface area contributed by atoms with Crippen LogP contribution < -0.4 is 0 Å². The lowest BCUT2D eigenvalue weighted by Crippen LogP contribution is -1.91. The third kappa shape index (κ3) is 3.90. The largest absolute Gasteiger partial charge is 0.452 e. The first-order valence-corrected chi connectivity index (χ1v) is 17.1. The van der Waals surface area contributed by atoms with Crippen molar-refractivity contribution >= 4 is 76.2 Å². The lowest BCUT2D eigenvalue weighted by Gasteiger charge is -2.19. The summed E-state index contributed by atoms with van der Waals surface area (Å²) < 4.78 is 12.8. The molecule has 0 aliphatic heterocycles. The number of benzene rings is 9. The van der Waals surface area contributed by atoms with Crippen LogP contribution in [0.3, 0.4) is 0 Å². The smallest absolute Gasteiger partial charge is 0.178 e. The molecule has 232 valence electrons. The minimum atomic E-state index is 0.798. The average molecular weight is 637 g/mol. The number of hydrogen-bond acceptors (Lipinski definition) is 2. The third-order valence-corrected chi connectivity index (χ3v) is 10.5. The Morgan fingerprint density at radius 1 is 0.280 bits per heavy atom. The summed E-state index contributed by atoms with van der Waals surface area (Å²) in [6, 6.07) is 61.0. The zero-order chi connectivity index (χ0) is 32.8. The Morgan fingerprint density at radius 2 is 0.760 bits per heavy atom. The molecule has 0 N–H and O–H groups in total. The first kappa shape index (κ1) is 27.3. The maximum atomic E-state index is 6.53. The molecule has 2 heterocycles. The predicted octanol–water partition coefficient (Wildman–Crippen LogP) is 13.9. The van der Waals surface area contributed by atoms with Crippen LogP contribution in [0.2, 0.25) is 0 Å². The van der Waals surface area contributed by atoms with Crippen LogP contribution >= 0.6 is 0 Å². The van der Waals surface area contributed by atoms with E-state index in [1.807, 2.05) is 18.2 Å². The Hall–Kier alpha value is -6.64. The molecule has 0 atom stereocenters. The van der Waals surface area contributed by atoms with Crippen molar-refractivity contribution in [2.24, 2.45) is 0 Å². The van der Waals surface area contributed by atoms with E-state index < -0.39 is 0 Å². The van der Waals surface area contributed by atoms with Gasteiger partial charge in [0.2, 0.25) is 0 Å². The van der Waals surface area contributed by atoms with Gasteiger partial charge in [-0.05, 0) is 96.0 Å². The fourth-order valence-corrected chi connectivity index (χ4v) is 8.20. The summed E-state index contributed by atoms with van der Waals surface area (Å²) in [5.41, 5.74) is 10.6. The normalized spacial score (nSPS) is 12.0. The van der Waals surface area contributed by atoms with E-state index in [2.05, 4.69) is 152 Å². The van der Waals surface area contributed by atoms with Crippen molar-refractivity contribution in [3.8, 4) is 33.4 Å². The van der Waals surface area contributed by atoms with E-state index in [0.717, 1.165) is 55.0 Å². The number of para-hydroxylation sites is 1. The molecule has 9 aromatic carbocycles. The van der Waals surface area contributed by atoms with E-state index in [1.165, 1.54) is 54.6 Å². The molecule has 2 nitrogen and oxygen atoms in total. The predicted molar refractivity (Wildman–Crippen MR) is 210 cm³/mol. The molecule has 0 amide bonds. The van der Waals surface area contributed by atoms with Crippen LogP contribution in [0.5, 0.6) is 0 Å². The van der Waals surface area contributed by atoms with E-state index in [9.17, 15) is 0 Å². The van der Waals surface area contributed by atoms with Gasteiger partial charge < -0.3 is 8.83 Å². The second kappa shape index (κ2) is 10.4. The summed E-state index contributed by atoms with van der Waals surface area (Å²) in [6.45, 7) is 0. The van der Waals surface area contributed by atoms with Gasteiger partial charge >= 0.3 is 0 Å². The van der Waals surface area contributed by atoms with Crippen LogP contribution in [-0.2, 0) is 0 Å². The number of furan rings is 2. The highest BCUT2D eigenvalue weighted by Crippen LogP contribution is 2.46. The van der Waals surface area contributed by atoms with Gasteiger partial charge in [0.15, 0.2) is 11.2 Å². The SMILES string of the molecule is c1ccc2c(-c3c4ccccc4c(-c4ccc(-c5ccc6c(c5)oc5c6ccc6c7ccccc7oc65)cc4)c4ccccc34)cccc2c1. The van der Waals surface area contributed by atoms with Crippen molar-refractivity contribution in [3.05, 3.63) is 170 Å². The van der Waals surface area contributed by atoms with Crippen LogP contribution in [-0.4, -0.2) is 0 Å².